The second-order valence-corrected chi connectivity index (χ2v) is 7.48. The maximum absolute atomic E-state index is 12.1. The third-order valence-corrected chi connectivity index (χ3v) is 4.46. The molecule has 1 aliphatic rings. The van der Waals surface area contributed by atoms with Crippen LogP contribution >= 0.6 is 11.5 Å². The van der Waals surface area contributed by atoms with Crippen molar-refractivity contribution in [1.82, 2.24) is 19.8 Å². The number of amides is 1. The zero-order chi connectivity index (χ0) is 16.2. The fourth-order valence-corrected chi connectivity index (χ4v) is 3.11. The lowest BCUT2D eigenvalue weighted by atomic mass is 9.90. The van der Waals surface area contributed by atoms with Gasteiger partial charge in [0.15, 0.2) is 0 Å². The summed E-state index contributed by atoms with van der Waals surface area (Å²) in [4.78, 5) is 13.9. The summed E-state index contributed by atoms with van der Waals surface area (Å²) >= 11 is 1.38. The number of carbonyl (C=O) groups is 1. The highest BCUT2D eigenvalue weighted by atomic mass is 32.1. The van der Waals surface area contributed by atoms with Crippen LogP contribution in [0.3, 0.4) is 0 Å². The highest BCUT2D eigenvalue weighted by molar-refractivity contribution is 7.03. The van der Waals surface area contributed by atoms with Crippen LogP contribution in [0.4, 0.5) is 4.79 Å². The molecule has 22 heavy (non-hydrogen) atoms. The summed E-state index contributed by atoms with van der Waals surface area (Å²) in [6.45, 7) is 6.46. The van der Waals surface area contributed by atoms with Gasteiger partial charge in [0.25, 0.3) is 0 Å². The Kier molecular flexibility index (Phi) is 5.74. The van der Waals surface area contributed by atoms with Gasteiger partial charge in [-0.15, -0.1) is 5.10 Å². The van der Waals surface area contributed by atoms with E-state index in [4.69, 9.17) is 4.74 Å². The lowest BCUT2D eigenvalue weighted by Crippen LogP contribution is -2.44. The monoisotopic (exact) mass is 326 g/mol. The van der Waals surface area contributed by atoms with Gasteiger partial charge in [-0.2, -0.15) is 0 Å². The molecule has 0 unspecified atom stereocenters. The number of aromatic nitrogens is 2. The average Bonchev–Trinajstić information content (AvgIpc) is 2.96. The summed E-state index contributed by atoms with van der Waals surface area (Å²) in [6.07, 6.45) is 3.91. The molecule has 1 heterocycles. The molecule has 1 aromatic rings. The highest BCUT2D eigenvalue weighted by Crippen LogP contribution is 2.24. The number of nitrogens with zero attached hydrogens (tertiary/aromatic N) is 3. The van der Waals surface area contributed by atoms with Gasteiger partial charge in [0.2, 0.25) is 0 Å². The molecule has 0 saturated heterocycles. The molecule has 0 radical (unpaired) electrons. The smallest absolute Gasteiger partial charge is 0.410 e. The molecule has 124 valence electrons. The quantitative estimate of drug-likeness (QED) is 0.921. The summed E-state index contributed by atoms with van der Waals surface area (Å²) in [5, 5.41) is 9.53. The Bertz CT molecular complexity index is 464. The number of hydrogen-bond donors (Lipinski definition) is 1. The summed E-state index contributed by atoms with van der Waals surface area (Å²) in [5.74, 6) is 0. The van der Waals surface area contributed by atoms with Crippen LogP contribution in [0.25, 0.3) is 0 Å². The summed E-state index contributed by atoms with van der Waals surface area (Å²) in [6, 6.07) is 0.763. The number of hydrogen-bond acceptors (Lipinski definition) is 6. The van der Waals surface area contributed by atoms with Gasteiger partial charge in [0.05, 0.1) is 5.69 Å². The molecular formula is C15H26N4O2S. The Balaban J connectivity index is 1.73. The minimum Gasteiger partial charge on any atom is -0.444 e. The van der Waals surface area contributed by atoms with E-state index in [2.05, 4.69) is 14.9 Å². The van der Waals surface area contributed by atoms with Gasteiger partial charge in [-0.1, -0.05) is 4.49 Å². The Labute approximate surface area is 136 Å². The first-order valence-corrected chi connectivity index (χ1v) is 8.64. The molecule has 0 aliphatic heterocycles. The molecule has 0 spiro atoms. The molecule has 0 bridgehead atoms. The van der Waals surface area contributed by atoms with Crippen LogP contribution in [0.5, 0.6) is 0 Å². The molecule has 7 heteroatoms. The minimum absolute atomic E-state index is 0.225. The molecule has 1 N–H and O–H groups in total. The van der Waals surface area contributed by atoms with Crippen molar-refractivity contribution >= 4 is 17.6 Å². The second-order valence-electron chi connectivity index (χ2n) is 6.87. The topological polar surface area (TPSA) is 67.3 Å². The Morgan fingerprint density at radius 3 is 2.64 bits per heavy atom. The number of nitrogens with one attached hydrogen (secondary N) is 1. The number of carbonyl (C=O) groups excluding carboxylic acids is 1. The lowest BCUT2D eigenvalue weighted by Gasteiger charge is -2.35. The van der Waals surface area contributed by atoms with E-state index in [1.165, 1.54) is 11.5 Å². The fraction of sp³-hybridized carbons (Fsp3) is 0.800. The van der Waals surface area contributed by atoms with Gasteiger partial charge in [0, 0.05) is 31.1 Å². The van der Waals surface area contributed by atoms with E-state index < -0.39 is 5.60 Å². The summed E-state index contributed by atoms with van der Waals surface area (Å²) in [5.41, 5.74) is 0.559. The molecular weight excluding hydrogens is 300 g/mol. The van der Waals surface area contributed by atoms with E-state index >= 15 is 0 Å². The van der Waals surface area contributed by atoms with Crippen molar-refractivity contribution in [3.05, 3.63) is 11.1 Å². The van der Waals surface area contributed by atoms with Crippen molar-refractivity contribution in [2.75, 3.05) is 7.05 Å². The van der Waals surface area contributed by atoms with Crippen LogP contribution in [0.15, 0.2) is 5.38 Å². The zero-order valence-electron chi connectivity index (χ0n) is 13.8. The second kappa shape index (κ2) is 7.37. The standard InChI is InChI=1S/C15H26N4O2S/c1-15(2,3)21-14(20)19(4)13-7-5-11(6-8-13)16-9-12-10-22-18-17-12/h10-11,13,16H,5-9H2,1-4H3. The van der Waals surface area contributed by atoms with Gasteiger partial charge in [-0.25, -0.2) is 4.79 Å². The molecule has 6 nitrogen and oxygen atoms in total. The van der Waals surface area contributed by atoms with E-state index in [0.717, 1.165) is 37.9 Å². The fourth-order valence-electron chi connectivity index (χ4n) is 2.66. The van der Waals surface area contributed by atoms with Crippen LogP contribution in [0.2, 0.25) is 0 Å². The Morgan fingerprint density at radius 1 is 1.41 bits per heavy atom. The van der Waals surface area contributed by atoms with E-state index in [0.29, 0.717) is 6.04 Å². The van der Waals surface area contributed by atoms with Gasteiger partial charge >= 0.3 is 6.09 Å². The first-order chi connectivity index (χ1) is 10.3. The zero-order valence-corrected chi connectivity index (χ0v) is 14.7. The Hall–Kier alpha value is -1.21. The van der Waals surface area contributed by atoms with Gasteiger partial charge in [-0.3, -0.25) is 0 Å². The molecule has 1 saturated carbocycles. The highest BCUT2D eigenvalue weighted by Gasteiger charge is 2.29. The van der Waals surface area contributed by atoms with Gasteiger partial charge < -0.3 is 15.0 Å². The van der Waals surface area contributed by atoms with Crippen LogP contribution in [-0.2, 0) is 11.3 Å². The average molecular weight is 326 g/mol. The molecule has 1 fully saturated rings. The van der Waals surface area contributed by atoms with E-state index in [-0.39, 0.29) is 12.1 Å². The van der Waals surface area contributed by atoms with Crippen LogP contribution in [0, 0.1) is 0 Å². The maximum atomic E-state index is 12.1. The van der Waals surface area contributed by atoms with Crippen molar-refractivity contribution in [2.24, 2.45) is 0 Å². The SMILES string of the molecule is CN(C(=O)OC(C)(C)C)C1CCC(NCc2csnn2)CC1. The molecule has 1 amide bonds. The number of ether oxygens (including phenoxy) is 1. The van der Waals surface area contributed by atoms with Crippen molar-refractivity contribution in [3.8, 4) is 0 Å². The van der Waals surface area contributed by atoms with Crippen molar-refractivity contribution in [1.29, 1.82) is 0 Å². The molecule has 1 aliphatic carbocycles. The third kappa shape index (κ3) is 5.21. The van der Waals surface area contributed by atoms with E-state index in [1.54, 1.807) is 4.90 Å². The molecule has 0 atom stereocenters. The largest absolute Gasteiger partial charge is 0.444 e. The first-order valence-electron chi connectivity index (χ1n) is 7.80. The minimum atomic E-state index is -0.439. The number of rotatable bonds is 4. The van der Waals surface area contributed by atoms with Crippen LogP contribution in [-0.4, -0.2) is 45.3 Å². The normalized spacial score (nSPS) is 22.4. The van der Waals surface area contributed by atoms with Crippen molar-refractivity contribution in [2.45, 2.75) is 70.7 Å². The third-order valence-electron chi connectivity index (χ3n) is 3.90. The molecule has 1 aromatic heterocycles. The van der Waals surface area contributed by atoms with Crippen LogP contribution < -0.4 is 5.32 Å². The lowest BCUT2D eigenvalue weighted by molar-refractivity contribution is 0.0179. The molecule has 0 aromatic carbocycles. The summed E-state index contributed by atoms with van der Waals surface area (Å²) < 4.78 is 9.30. The molecule has 2 rings (SSSR count). The predicted octanol–water partition coefficient (Wildman–Crippen LogP) is 2.81. The van der Waals surface area contributed by atoms with Crippen molar-refractivity contribution < 1.29 is 9.53 Å². The van der Waals surface area contributed by atoms with Gasteiger partial charge in [0.1, 0.15) is 5.60 Å². The van der Waals surface area contributed by atoms with E-state index in [9.17, 15) is 4.79 Å². The predicted molar refractivity (Wildman–Crippen MR) is 86.8 cm³/mol. The first kappa shape index (κ1) is 17.1. The van der Waals surface area contributed by atoms with Crippen LogP contribution in [0.1, 0.15) is 52.1 Å². The van der Waals surface area contributed by atoms with Gasteiger partial charge in [-0.05, 0) is 58.0 Å². The summed E-state index contributed by atoms with van der Waals surface area (Å²) in [7, 11) is 1.84. The Morgan fingerprint density at radius 2 is 2.09 bits per heavy atom. The maximum Gasteiger partial charge on any atom is 0.410 e. The van der Waals surface area contributed by atoms with Crippen molar-refractivity contribution in [3.63, 3.8) is 0 Å². The van der Waals surface area contributed by atoms with E-state index in [1.807, 2.05) is 33.2 Å².